The Labute approximate surface area is 158 Å². The Morgan fingerprint density at radius 3 is 2.63 bits per heavy atom. The largest absolute Gasteiger partial charge is 0.388 e. The van der Waals surface area contributed by atoms with Gasteiger partial charge in [-0.05, 0) is 39.3 Å². The van der Waals surface area contributed by atoms with Crippen LogP contribution in [0.3, 0.4) is 0 Å². The molecule has 2 aromatic heterocycles. The third kappa shape index (κ3) is 4.04. The first-order valence-corrected chi connectivity index (χ1v) is 12.3. The molecule has 3 rings (SSSR count). The zero-order valence-corrected chi connectivity index (χ0v) is 17.2. The lowest BCUT2D eigenvalue weighted by molar-refractivity contribution is -0.0368. The molecule has 1 saturated heterocycles. The minimum absolute atomic E-state index is 0.225. The summed E-state index contributed by atoms with van der Waals surface area (Å²) in [5.41, 5.74) is 0.283. The summed E-state index contributed by atoms with van der Waals surface area (Å²) in [6.45, 7) is 6.70. The van der Waals surface area contributed by atoms with E-state index in [1.165, 1.54) is 0 Å². The third-order valence-corrected chi connectivity index (χ3v) is 6.30. The molecule has 9 heteroatoms. The standard InChI is InChI=1S/C18H29N4O4P/c1-6-7-12-21-13-16(19-10(2)20-17(13)25)22(12)18-15(24)14(23)11(26-18)8-9-27(3,4)5/h11,14-15,18,23-24H,3,6-9H2,1-2,4-5H3,(H,19,20,25)/t11-,14-,15-,18?/m1/s1. The van der Waals surface area contributed by atoms with Gasteiger partial charge in [0.25, 0.3) is 5.56 Å². The summed E-state index contributed by atoms with van der Waals surface area (Å²) >= 11 is 0. The lowest BCUT2D eigenvalue weighted by atomic mass is 10.1. The maximum atomic E-state index is 12.3. The fourth-order valence-corrected chi connectivity index (χ4v) is 4.42. The van der Waals surface area contributed by atoms with Crippen LogP contribution in [-0.2, 0) is 11.2 Å². The normalized spacial score (nSPS) is 26.1. The molecule has 0 saturated carbocycles. The second-order valence-electron chi connectivity index (χ2n) is 7.97. The second-order valence-corrected chi connectivity index (χ2v) is 12.3. The van der Waals surface area contributed by atoms with Gasteiger partial charge in [0.2, 0.25) is 0 Å². The van der Waals surface area contributed by atoms with Crippen LogP contribution in [0.25, 0.3) is 11.2 Å². The van der Waals surface area contributed by atoms with Gasteiger partial charge in [0.1, 0.15) is 23.9 Å². The highest BCUT2D eigenvalue weighted by molar-refractivity contribution is 7.72. The second kappa shape index (κ2) is 7.51. The molecule has 27 heavy (non-hydrogen) atoms. The highest BCUT2D eigenvalue weighted by atomic mass is 31.2. The van der Waals surface area contributed by atoms with E-state index in [0.717, 1.165) is 12.6 Å². The number of fused-ring (bicyclic) bond motifs is 1. The zero-order valence-electron chi connectivity index (χ0n) is 16.3. The number of aromatic nitrogens is 4. The molecule has 3 heterocycles. The van der Waals surface area contributed by atoms with Crippen LogP contribution < -0.4 is 5.56 Å². The number of imidazole rings is 1. The molecule has 3 N–H and O–H groups in total. The Balaban J connectivity index is 2.02. The summed E-state index contributed by atoms with van der Waals surface area (Å²) in [6.07, 6.45) is 3.68. The molecule has 4 atom stereocenters. The van der Waals surface area contributed by atoms with Crippen LogP contribution in [0.1, 0.15) is 37.6 Å². The van der Waals surface area contributed by atoms with Crippen molar-refractivity contribution in [1.29, 1.82) is 0 Å². The highest BCUT2D eigenvalue weighted by Crippen LogP contribution is 2.40. The van der Waals surface area contributed by atoms with E-state index in [0.29, 0.717) is 30.1 Å². The SMILES string of the molecule is C=P(C)(C)CC[C@H]1OC(n2c(CCC)nc3c(=O)[nH]c(C)nc32)[C@H](O)[C@@H]1O. The Kier molecular flexibility index (Phi) is 5.64. The number of nitrogens with one attached hydrogen (secondary N) is 1. The van der Waals surface area contributed by atoms with Gasteiger partial charge >= 0.3 is 0 Å². The molecule has 1 aliphatic heterocycles. The predicted octanol–water partition coefficient (Wildman–Crippen LogP) is 1.10. The van der Waals surface area contributed by atoms with E-state index in [-0.39, 0.29) is 11.1 Å². The maximum absolute atomic E-state index is 12.3. The van der Waals surface area contributed by atoms with E-state index in [1.807, 2.05) is 6.92 Å². The smallest absolute Gasteiger partial charge is 0.279 e. The van der Waals surface area contributed by atoms with Gasteiger partial charge in [0.15, 0.2) is 17.4 Å². The summed E-state index contributed by atoms with van der Waals surface area (Å²) < 4.78 is 7.74. The summed E-state index contributed by atoms with van der Waals surface area (Å²) in [4.78, 5) is 23.8. The van der Waals surface area contributed by atoms with Crippen molar-refractivity contribution in [3.05, 3.63) is 22.0 Å². The fraction of sp³-hybridized carbons (Fsp3) is 0.667. The lowest BCUT2D eigenvalue weighted by Crippen LogP contribution is -2.32. The first-order valence-electron chi connectivity index (χ1n) is 9.29. The van der Waals surface area contributed by atoms with Gasteiger partial charge in [-0.25, -0.2) is 9.97 Å². The Bertz CT molecular complexity index is 931. The van der Waals surface area contributed by atoms with Gasteiger partial charge < -0.3 is 19.9 Å². The van der Waals surface area contributed by atoms with E-state index in [2.05, 4.69) is 34.6 Å². The Morgan fingerprint density at radius 1 is 1.30 bits per heavy atom. The average Bonchev–Trinajstić information content (AvgIpc) is 3.04. The van der Waals surface area contributed by atoms with Crippen LogP contribution in [-0.4, -0.2) is 73.8 Å². The molecule has 0 bridgehead atoms. The topological polar surface area (TPSA) is 113 Å². The van der Waals surface area contributed by atoms with Crippen molar-refractivity contribution >= 4 is 24.3 Å². The number of ether oxygens (including phenoxy) is 1. The molecule has 1 aliphatic rings. The number of hydrogen-bond donors (Lipinski definition) is 3. The molecular weight excluding hydrogens is 367 g/mol. The molecule has 0 amide bonds. The van der Waals surface area contributed by atoms with Gasteiger partial charge in [0.05, 0.1) is 6.10 Å². The number of aromatic amines is 1. The number of hydrogen-bond acceptors (Lipinski definition) is 6. The van der Waals surface area contributed by atoms with Gasteiger partial charge in [-0.3, -0.25) is 9.36 Å². The summed E-state index contributed by atoms with van der Waals surface area (Å²) in [7, 11) is 0. The lowest BCUT2D eigenvalue weighted by Gasteiger charge is -2.20. The van der Waals surface area contributed by atoms with Crippen molar-refractivity contribution < 1.29 is 14.9 Å². The molecule has 1 fully saturated rings. The van der Waals surface area contributed by atoms with Crippen LogP contribution in [0.4, 0.5) is 0 Å². The summed E-state index contributed by atoms with van der Waals surface area (Å²) in [5, 5.41) is 21.2. The molecule has 1 unspecified atom stereocenters. The van der Waals surface area contributed by atoms with Crippen molar-refractivity contribution in [2.75, 3.05) is 19.5 Å². The quantitative estimate of drug-likeness (QED) is 0.630. The molecule has 8 nitrogen and oxygen atoms in total. The number of nitrogens with zero attached hydrogens (tertiary/aromatic N) is 3. The number of rotatable bonds is 6. The molecule has 2 aromatic rings. The number of aliphatic hydroxyl groups is 2. The maximum Gasteiger partial charge on any atom is 0.279 e. The summed E-state index contributed by atoms with van der Waals surface area (Å²) in [5.74, 6) is 1.09. The van der Waals surface area contributed by atoms with E-state index < -0.39 is 31.4 Å². The first-order chi connectivity index (χ1) is 12.6. The van der Waals surface area contributed by atoms with Crippen molar-refractivity contribution in [1.82, 2.24) is 19.5 Å². The summed E-state index contributed by atoms with van der Waals surface area (Å²) in [6, 6.07) is 0. The van der Waals surface area contributed by atoms with Crippen LogP contribution in [0.5, 0.6) is 0 Å². The molecule has 0 radical (unpaired) electrons. The molecule has 0 aliphatic carbocycles. The van der Waals surface area contributed by atoms with Crippen LogP contribution >= 0.6 is 6.89 Å². The predicted molar refractivity (Wildman–Crippen MR) is 108 cm³/mol. The van der Waals surface area contributed by atoms with Crippen LogP contribution in [0, 0.1) is 6.92 Å². The Hall–Kier alpha value is -1.47. The van der Waals surface area contributed by atoms with E-state index >= 15 is 0 Å². The third-order valence-electron chi connectivity index (χ3n) is 4.83. The van der Waals surface area contributed by atoms with Gasteiger partial charge in [-0.1, -0.05) is 6.92 Å². The van der Waals surface area contributed by atoms with Gasteiger partial charge in [0, 0.05) is 6.42 Å². The van der Waals surface area contributed by atoms with E-state index in [9.17, 15) is 15.0 Å². The van der Waals surface area contributed by atoms with Crippen molar-refractivity contribution in [3.8, 4) is 0 Å². The monoisotopic (exact) mass is 396 g/mol. The van der Waals surface area contributed by atoms with Gasteiger partial charge in [-0.15, -0.1) is 13.2 Å². The minimum Gasteiger partial charge on any atom is -0.388 e. The van der Waals surface area contributed by atoms with Crippen LogP contribution in [0.2, 0.25) is 0 Å². The number of H-pyrrole nitrogens is 1. The van der Waals surface area contributed by atoms with E-state index in [1.54, 1.807) is 11.5 Å². The molecule has 0 aromatic carbocycles. The fourth-order valence-electron chi connectivity index (χ4n) is 3.46. The van der Waals surface area contributed by atoms with E-state index in [4.69, 9.17) is 4.74 Å². The average molecular weight is 396 g/mol. The highest BCUT2D eigenvalue weighted by Gasteiger charge is 2.45. The molecule has 0 spiro atoms. The molecule has 150 valence electrons. The first kappa shape index (κ1) is 20.3. The minimum atomic E-state index is -1.27. The zero-order chi connectivity index (χ0) is 19.9. The van der Waals surface area contributed by atoms with Crippen molar-refractivity contribution in [3.63, 3.8) is 0 Å². The van der Waals surface area contributed by atoms with Crippen molar-refractivity contribution in [2.24, 2.45) is 0 Å². The van der Waals surface area contributed by atoms with Gasteiger partial charge in [-0.2, -0.15) is 0 Å². The Morgan fingerprint density at radius 2 is 2.00 bits per heavy atom. The van der Waals surface area contributed by atoms with Crippen molar-refractivity contribution in [2.45, 2.75) is 57.6 Å². The number of aryl methyl sites for hydroxylation is 2. The van der Waals surface area contributed by atoms with Crippen LogP contribution in [0.15, 0.2) is 4.79 Å². The number of aliphatic hydroxyl groups excluding tert-OH is 2. The molecular formula is C18H29N4O4P.